The number of carbonyl (C=O) groups excluding carboxylic acids is 1. The van der Waals surface area contributed by atoms with Gasteiger partial charge in [0.25, 0.3) is 0 Å². The maximum Gasteiger partial charge on any atom is 0.242 e. The Morgan fingerprint density at radius 2 is 1.94 bits per heavy atom. The number of ether oxygens (including phenoxy) is 1. The first-order valence-electron chi connectivity index (χ1n) is 11.8. The van der Waals surface area contributed by atoms with Gasteiger partial charge in [-0.15, -0.1) is 0 Å². The molecule has 0 atom stereocenters. The van der Waals surface area contributed by atoms with Gasteiger partial charge in [0.1, 0.15) is 18.4 Å². The Labute approximate surface area is 202 Å². The summed E-state index contributed by atoms with van der Waals surface area (Å²) < 4.78 is 9.38. The summed E-state index contributed by atoms with van der Waals surface area (Å²) in [5.41, 5.74) is 5.50. The van der Waals surface area contributed by atoms with Gasteiger partial charge in [0.15, 0.2) is 0 Å². The highest BCUT2D eigenvalue weighted by Crippen LogP contribution is 2.38. The van der Waals surface area contributed by atoms with E-state index < -0.39 is 0 Å². The molecular weight excluding hydrogens is 442 g/mol. The van der Waals surface area contributed by atoms with Crippen LogP contribution in [0.4, 0.5) is 0 Å². The maximum atomic E-state index is 12.6. The summed E-state index contributed by atoms with van der Waals surface area (Å²) in [5, 5.41) is 15.1. The number of carbonyl (C=O) groups is 1. The van der Waals surface area contributed by atoms with Crippen molar-refractivity contribution in [1.82, 2.24) is 29.2 Å². The highest BCUT2D eigenvalue weighted by atomic mass is 16.5. The maximum absolute atomic E-state index is 12.6. The Kier molecular flexibility index (Phi) is 5.11. The molecule has 0 spiro atoms. The van der Waals surface area contributed by atoms with Crippen LogP contribution in [0.3, 0.4) is 0 Å². The zero-order chi connectivity index (χ0) is 24.1. The van der Waals surface area contributed by atoms with Crippen LogP contribution in [-0.2, 0) is 29.7 Å². The Balaban J connectivity index is 1.55. The van der Waals surface area contributed by atoms with Crippen LogP contribution in [0.25, 0.3) is 33.4 Å². The van der Waals surface area contributed by atoms with E-state index >= 15 is 0 Å². The van der Waals surface area contributed by atoms with Crippen molar-refractivity contribution in [2.24, 2.45) is 7.05 Å². The Hall–Kier alpha value is -4.03. The van der Waals surface area contributed by atoms with Crippen LogP contribution in [-0.4, -0.2) is 55.4 Å². The third-order valence-electron chi connectivity index (χ3n) is 7.01. The van der Waals surface area contributed by atoms with Gasteiger partial charge in [0.05, 0.1) is 40.9 Å². The van der Waals surface area contributed by atoms with E-state index in [-0.39, 0.29) is 11.8 Å². The molecule has 3 aromatic heterocycles. The molecule has 6 rings (SSSR count). The van der Waals surface area contributed by atoms with E-state index in [1.54, 1.807) is 15.8 Å². The van der Waals surface area contributed by atoms with E-state index in [0.717, 1.165) is 52.1 Å². The van der Waals surface area contributed by atoms with E-state index in [1.165, 1.54) is 0 Å². The monoisotopic (exact) mass is 467 g/mol. The van der Waals surface area contributed by atoms with Gasteiger partial charge in [-0.05, 0) is 25.0 Å². The Bertz CT molecular complexity index is 1500. The molecule has 5 heterocycles. The van der Waals surface area contributed by atoms with Crippen LogP contribution in [0.2, 0.25) is 0 Å². The molecule has 35 heavy (non-hydrogen) atoms. The van der Waals surface area contributed by atoms with Gasteiger partial charge < -0.3 is 14.2 Å². The van der Waals surface area contributed by atoms with Crippen LogP contribution in [0.1, 0.15) is 35.8 Å². The third kappa shape index (κ3) is 3.58. The van der Waals surface area contributed by atoms with Crippen molar-refractivity contribution < 1.29 is 9.53 Å². The van der Waals surface area contributed by atoms with Crippen LogP contribution in [0.5, 0.6) is 0 Å². The number of likely N-dealkylation sites (N-methyl/N-ethyl adjacent to an activating group) is 1. The minimum atomic E-state index is 0.0854. The molecule has 1 fully saturated rings. The van der Waals surface area contributed by atoms with Crippen molar-refractivity contribution >= 4 is 16.8 Å². The van der Waals surface area contributed by atoms with Gasteiger partial charge in [0, 0.05) is 55.9 Å². The second-order valence-electron chi connectivity index (χ2n) is 9.26. The summed E-state index contributed by atoms with van der Waals surface area (Å²) in [4.78, 5) is 24.4. The minimum absolute atomic E-state index is 0.0854. The van der Waals surface area contributed by atoms with Gasteiger partial charge in [0.2, 0.25) is 5.91 Å². The highest BCUT2D eigenvalue weighted by Gasteiger charge is 2.32. The quantitative estimate of drug-likeness (QED) is 0.458. The van der Waals surface area contributed by atoms with Gasteiger partial charge in [-0.3, -0.25) is 9.48 Å². The number of aromatic nitrogens is 5. The molecule has 0 bridgehead atoms. The summed E-state index contributed by atoms with van der Waals surface area (Å²) in [6.45, 7) is 2.20. The molecule has 0 unspecified atom stereocenters. The van der Waals surface area contributed by atoms with E-state index in [0.29, 0.717) is 37.6 Å². The first-order valence-corrected chi connectivity index (χ1v) is 11.8. The average molecular weight is 468 g/mol. The Morgan fingerprint density at radius 3 is 2.69 bits per heavy atom. The molecule has 0 radical (unpaired) electrons. The van der Waals surface area contributed by atoms with Gasteiger partial charge in [-0.1, -0.05) is 12.1 Å². The fourth-order valence-electron chi connectivity index (χ4n) is 5.14. The molecule has 9 nitrogen and oxygen atoms in total. The number of nitrogens with zero attached hydrogens (tertiary/aromatic N) is 7. The van der Waals surface area contributed by atoms with Crippen molar-refractivity contribution in [3.05, 3.63) is 53.7 Å². The van der Waals surface area contributed by atoms with Crippen molar-refractivity contribution in [1.29, 1.82) is 5.26 Å². The molecule has 0 aliphatic carbocycles. The molecule has 1 saturated heterocycles. The van der Waals surface area contributed by atoms with Gasteiger partial charge >= 0.3 is 0 Å². The lowest BCUT2D eigenvalue weighted by Crippen LogP contribution is -2.37. The molecule has 176 valence electrons. The number of imidazole rings is 1. The first-order chi connectivity index (χ1) is 17.0. The van der Waals surface area contributed by atoms with Crippen LogP contribution >= 0.6 is 0 Å². The Morgan fingerprint density at radius 1 is 1.11 bits per heavy atom. The topological polar surface area (TPSA) is 102 Å². The zero-order valence-corrected chi connectivity index (χ0v) is 19.7. The van der Waals surface area contributed by atoms with Crippen molar-refractivity contribution in [2.45, 2.75) is 31.8 Å². The summed E-state index contributed by atoms with van der Waals surface area (Å²) in [7, 11) is 3.67. The largest absolute Gasteiger partial charge is 0.381 e. The summed E-state index contributed by atoms with van der Waals surface area (Å²) >= 11 is 0. The fraction of sp³-hybridized carbons (Fsp3) is 0.346. The second kappa shape index (κ2) is 8.32. The van der Waals surface area contributed by atoms with E-state index in [2.05, 4.69) is 15.7 Å². The molecule has 4 aromatic rings. The summed E-state index contributed by atoms with van der Waals surface area (Å²) in [5.74, 6) is 1.30. The molecule has 0 N–H and O–H groups in total. The third-order valence-corrected chi connectivity index (χ3v) is 7.01. The van der Waals surface area contributed by atoms with Crippen molar-refractivity contribution in [3.63, 3.8) is 0 Å². The lowest BCUT2D eigenvalue weighted by molar-refractivity contribution is -0.132. The van der Waals surface area contributed by atoms with Crippen LogP contribution in [0, 0.1) is 11.3 Å². The molecule has 0 saturated carbocycles. The predicted octanol–water partition coefficient (Wildman–Crippen LogP) is 3.24. The number of fused-ring (bicyclic) bond motifs is 2. The number of benzene rings is 1. The lowest BCUT2D eigenvalue weighted by atomic mass is 9.99. The van der Waals surface area contributed by atoms with E-state index in [9.17, 15) is 10.1 Å². The number of aryl methyl sites for hydroxylation is 1. The second-order valence-corrected chi connectivity index (χ2v) is 9.26. The summed E-state index contributed by atoms with van der Waals surface area (Å²) in [6, 6.07) is 10.2. The van der Waals surface area contributed by atoms with Crippen LogP contribution in [0.15, 0.2) is 36.7 Å². The summed E-state index contributed by atoms with van der Waals surface area (Å²) in [6.07, 6.45) is 5.36. The molecule has 9 heteroatoms. The molecule has 2 aliphatic rings. The van der Waals surface area contributed by atoms with Crippen LogP contribution < -0.4 is 0 Å². The molecule has 1 aromatic carbocycles. The van der Waals surface area contributed by atoms with Crippen molar-refractivity contribution in [3.8, 4) is 28.6 Å². The highest BCUT2D eigenvalue weighted by molar-refractivity contribution is 5.97. The average Bonchev–Trinajstić information content (AvgIpc) is 3.47. The fourth-order valence-corrected chi connectivity index (χ4v) is 5.14. The zero-order valence-electron chi connectivity index (χ0n) is 19.7. The molecule has 1 amide bonds. The SMILES string of the molecule is CN1Cc2c(-c3cccc4nc(-c5cnn(C)c5)c(C#N)cc34)nc(C3CCOCC3)n2CC1=O. The molecular formula is C26H25N7O2. The minimum Gasteiger partial charge on any atom is -0.381 e. The van der Waals surface area contributed by atoms with E-state index in [4.69, 9.17) is 14.7 Å². The normalized spacial score (nSPS) is 16.5. The number of amides is 1. The first kappa shape index (κ1) is 21.5. The predicted molar refractivity (Wildman–Crippen MR) is 129 cm³/mol. The smallest absolute Gasteiger partial charge is 0.242 e. The number of nitriles is 1. The van der Waals surface area contributed by atoms with E-state index in [1.807, 2.05) is 44.6 Å². The number of pyridine rings is 1. The van der Waals surface area contributed by atoms with Crippen molar-refractivity contribution in [2.75, 3.05) is 20.3 Å². The lowest BCUT2D eigenvalue weighted by Gasteiger charge is -2.28. The van der Waals surface area contributed by atoms with Gasteiger partial charge in [-0.2, -0.15) is 10.4 Å². The number of hydrogen-bond donors (Lipinski definition) is 0. The van der Waals surface area contributed by atoms with Gasteiger partial charge in [-0.25, -0.2) is 9.97 Å². The standard InChI is InChI=1S/C26H25N7O2/c1-31-14-22-25(30-26(33(22)15-23(31)34)16-6-8-35-9-7-16)19-4-3-5-21-20(19)10-17(11-27)24(29-21)18-12-28-32(2)13-18/h3-5,10,12-13,16H,6-9,14-15H2,1-2H3. The molecule has 2 aliphatic heterocycles. The number of rotatable bonds is 3. The number of hydrogen-bond acceptors (Lipinski definition) is 6.